The highest BCUT2D eigenvalue weighted by Gasteiger charge is 1.99. The third kappa shape index (κ3) is 6.93. The summed E-state index contributed by atoms with van der Waals surface area (Å²) in [6.45, 7) is 5.63. The fourth-order valence-electron chi connectivity index (χ4n) is 1.20. The molecule has 0 unspecified atom stereocenters. The third-order valence-corrected chi connectivity index (χ3v) is 2.07. The first kappa shape index (κ1) is 17.3. The second kappa shape index (κ2) is 9.29. The zero-order valence-corrected chi connectivity index (χ0v) is 12.0. The summed E-state index contributed by atoms with van der Waals surface area (Å²) in [5, 5.41) is 0. The maximum atomic E-state index is 8.12. The zero-order chi connectivity index (χ0) is 15.5. The molecule has 108 valence electrons. The van der Waals surface area contributed by atoms with Crippen LogP contribution in [-0.2, 0) is 28.4 Å². The van der Waals surface area contributed by atoms with Crippen molar-refractivity contribution in [3.05, 3.63) is 43.0 Å². The number of carbonyl (C=O) groups excluding carboxylic acids is 2. The quantitative estimate of drug-likeness (QED) is 0.771. The van der Waals surface area contributed by atoms with Gasteiger partial charge in [-0.05, 0) is 6.92 Å². The number of ether oxygens (including phenoxy) is 1. The number of aromatic nitrogens is 4. The lowest BCUT2D eigenvalue weighted by atomic mass is 10.4. The van der Waals surface area contributed by atoms with Gasteiger partial charge in [-0.2, -0.15) is 9.59 Å². The van der Waals surface area contributed by atoms with Gasteiger partial charge < -0.3 is 13.9 Å². The summed E-state index contributed by atoms with van der Waals surface area (Å²) < 4.78 is 8.65. The van der Waals surface area contributed by atoms with Gasteiger partial charge in [0.2, 0.25) is 0 Å². The van der Waals surface area contributed by atoms with Crippen LogP contribution in [0.3, 0.4) is 0 Å². The van der Waals surface area contributed by atoms with Crippen molar-refractivity contribution in [2.24, 2.45) is 14.1 Å². The lowest BCUT2D eigenvalue weighted by Gasteiger charge is -1.96. The van der Waals surface area contributed by atoms with E-state index in [0.717, 1.165) is 11.4 Å². The molecule has 0 aliphatic carbocycles. The van der Waals surface area contributed by atoms with E-state index in [-0.39, 0.29) is 6.15 Å². The highest BCUT2D eigenvalue weighted by Crippen LogP contribution is 2.07. The maximum absolute atomic E-state index is 8.12. The van der Waals surface area contributed by atoms with Gasteiger partial charge in [-0.25, -0.2) is 9.97 Å². The zero-order valence-electron chi connectivity index (χ0n) is 12.0. The molecule has 0 spiro atoms. The monoisotopic (exact) mass is 278 g/mol. The topological polar surface area (TPSA) is 79.0 Å². The molecule has 7 heteroatoms. The number of imidazole rings is 2. The van der Waals surface area contributed by atoms with Gasteiger partial charge in [0.25, 0.3) is 0 Å². The van der Waals surface area contributed by atoms with Gasteiger partial charge in [-0.15, -0.1) is 0 Å². The predicted molar refractivity (Wildman–Crippen MR) is 72.2 cm³/mol. The summed E-state index contributed by atoms with van der Waals surface area (Å²) in [5.74, 6) is 0.598. The highest BCUT2D eigenvalue weighted by atomic mass is 16.5. The molecule has 7 nitrogen and oxygen atoms in total. The van der Waals surface area contributed by atoms with Gasteiger partial charge in [0, 0.05) is 26.5 Å². The van der Waals surface area contributed by atoms with E-state index in [1.54, 1.807) is 19.8 Å². The minimum atomic E-state index is 0.250. The Hall–Kier alpha value is -2.66. The predicted octanol–water partition coefficient (Wildman–Crippen LogP) is 1.18. The van der Waals surface area contributed by atoms with E-state index in [4.69, 9.17) is 14.3 Å². The number of methoxy groups -OCH3 is 1. The van der Waals surface area contributed by atoms with Crippen LogP contribution in [-0.4, -0.2) is 32.4 Å². The second-order valence-corrected chi connectivity index (χ2v) is 3.82. The molecule has 0 saturated carbocycles. The van der Waals surface area contributed by atoms with Crippen molar-refractivity contribution in [3.8, 4) is 0 Å². The van der Waals surface area contributed by atoms with E-state index in [9.17, 15) is 0 Å². The third-order valence-electron chi connectivity index (χ3n) is 2.07. The molecule has 0 aliphatic rings. The van der Waals surface area contributed by atoms with Crippen molar-refractivity contribution >= 4 is 11.9 Å². The molecule has 0 amide bonds. The first-order valence-corrected chi connectivity index (χ1v) is 5.59. The Labute approximate surface area is 117 Å². The Kier molecular flexibility index (Phi) is 8.06. The number of hydrogen-bond acceptors (Lipinski definition) is 5. The summed E-state index contributed by atoms with van der Waals surface area (Å²) in [5.41, 5.74) is 1.85. The summed E-state index contributed by atoms with van der Waals surface area (Å²) in [6.07, 6.45) is 7.57. The maximum Gasteiger partial charge on any atom is 0.373 e. The lowest BCUT2D eigenvalue weighted by Crippen LogP contribution is -1.84. The van der Waals surface area contributed by atoms with Crippen molar-refractivity contribution in [3.63, 3.8) is 0 Å². The minimum absolute atomic E-state index is 0.250. The minimum Gasteiger partial charge on any atom is -0.495 e. The first-order valence-electron chi connectivity index (χ1n) is 5.59. The molecular weight excluding hydrogens is 260 g/mol. The van der Waals surface area contributed by atoms with Crippen LogP contribution in [0, 0.1) is 6.92 Å². The normalized spacial score (nSPS) is 8.40. The molecule has 0 aromatic carbocycles. The van der Waals surface area contributed by atoms with Crippen LogP contribution < -0.4 is 0 Å². The molecule has 0 radical (unpaired) electrons. The van der Waals surface area contributed by atoms with E-state index < -0.39 is 0 Å². The van der Waals surface area contributed by atoms with Gasteiger partial charge in [-0.1, -0.05) is 6.58 Å². The smallest absolute Gasteiger partial charge is 0.373 e. The van der Waals surface area contributed by atoms with Gasteiger partial charge >= 0.3 is 6.15 Å². The molecule has 20 heavy (non-hydrogen) atoms. The Morgan fingerprint density at radius 2 is 1.70 bits per heavy atom. The summed E-state index contributed by atoms with van der Waals surface area (Å²) in [6, 6.07) is 0. The second-order valence-electron chi connectivity index (χ2n) is 3.82. The van der Waals surface area contributed by atoms with Crippen LogP contribution in [0.25, 0.3) is 5.76 Å². The van der Waals surface area contributed by atoms with Crippen LogP contribution in [0.2, 0.25) is 0 Å². The van der Waals surface area contributed by atoms with E-state index in [1.165, 1.54) is 0 Å². The molecule has 0 bridgehead atoms. The number of aryl methyl sites for hydroxylation is 3. The van der Waals surface area contributed by atoms with Crippen molar-refractivity contribution in [2.75, 3.05) is 7.11 Å². The molecular formula is C13H18N4O3. The van der Waals surface area contributed by atoms with Crippen molar-refractivity contribution < 1.29 is 14.3 Å². The summed E-state index contributed by atoms with van der Waals surface area (Å²) in [4.78, 5) is 24.3. The van der Waals surface area contributed by atoms with Crippen molar-refractivity contribution in [1.29, 1.82) is 0 Å². The number of hydrogen-bond donors (Lipinski definition) is 0. The molecule has 2 aromatic heterocycles. The van der Waals surface area contributed by atoms with E-state index in [0.29, 0.717) is 5.76 Å². The molecule has 0 fully saturated rings. The summed E-state index contributed by atoms with van der Waals surface area (Å²) in [7, 11) is 5.44. The molecule has 0 N–H and O–H groups in total. The van der Waals surface area contributed by atoms with Gasteiger partial charge in [-0.3, -0.25) is 0 Å². The van der Waals surface area contributed by atoms with E-state index in [1.807, 2.05) is 42.5 Å². The molecule has 0 aliphatic heterocycles. The average molecular weight is 278 g/mol. The van der Waals surface area contributed by atoms with Gasteiger partial charge in [0.1, 0.15) is 11.5 Å². The fraction of sp³-hybridized carbons (Fsp3) is 0.308. The largest absolute Gasteiger partial charge is 0.495 e. The van der Waals surface area contributed by atoms with Crippen molar-refractivity contribution in [1.82, 2.24) is 19.1 Å². The average Bonchev–Trinajstić information content (AvgIpc) is 2.99. The van der Waals surface area contributed by atoms with Crippen LogP contribution in [0.4, 0.5) is 0 Å². The number of nitrogens with zero attached hydrogens (tertiary/aromatic N) is 4. The van der Waals surface area contributed by atoms with Crippen LogP contribution >= 0.6 is 0 Å². The highest BCUT2D eigenvalue weighted by molar-refractivity contribution is 5.51. The van der Waals surface area contributed by atoms with Crippen LogP contribution in [0.5, 0.6) is 0 Å². The molecule has 0 atom stereocenters. The van der Waals surface area contributed by atoms with Crippen LogP contribution in [0.1, 0.15) is 11.4 Å². The lowest BCUT2D eigenvalue weighted by molar-refractivity contribution is -0.191. The van der Waals surface area contributed by atoms with Gasteiger partial charge in [0.05, 0.1) is 25.5 Å². The van der Waals surface area contributed by atoms with Crippen LogP contribution in [0.15, 0.2) is 31.6 Å². The Balaban J connectivity index is 0.000000315. The number of rotatable bonds is 2. The standard InChI is InChI=1S/C7H10N2O.C5H8N2.CO2/c1-6(10-3)7-4-9(2)5-8-7;1-5-3-7(2)4-6-5;2-1-3/h4-5H,1H2,2-3H3;3-4H,1-2H3;. The van der Waals surface area contributed by atoms with Gasteiger partial charge in [0.15, 0.2) is 0 Å². The van der Waals surface area contributed by atoms with Crippen molar-refractivity contribution in [2.45, 2.75) is 6.92 Å². The molecule has 2 aromatic rings. The Bertz CT molecular complexity index is 549. The molecule has 2 rings (SSSR count). The fourth-order valence-corrected chi connectivity index (χ4v) is 1.20. The Morgan fingerprint density at radius 1 is 1.20 bits per heavy atom. The SMILES string of the molecule is C=C(OC)c1cn(C)cn1.Cc1cn(C)cn1.O=C=O. The first-order chi connectivity index (χ1) is 9.44. The van der Waals surface area contributed by atoms with E-state index >= 15 is 0 Å². The Morgan fingerprint density at radius 3 is 1.95 bits per heavy atom. The molecule has 2 heterocycles. The van der Waals surface area contributed by atoms with E-state index in [2.05, 4.69) is 16.5 Å². The summed E-state index contributed by atoms with van der Waals surface area (Å²) >= 11 is 0. The molecule has 0 saturated heterocycles.